The van der Waals surface area contributed by atoms with Gasteiger partial charge in [-0.2, -0.15) is 0 Å². The fourth-order valence-corrected chi connectivity index (χ4v) is 2.21. The first-order valence-corrected chi connectivity index (χ1v) is 7.29. The molecular weight excluding hydrogens is 297 g/mol. The third-order valence-corrected chi connectivity index (χ3v) is 3.61. The van der Waals surface area contributed by atoms with Crippen molar-refractivity contribution in [2.75, 3.05) is 12.2 Å². The number of carbonyl (C=O) groups excluding carboxylic acids is 1. The van der Waals surface area contributed by atoms with E-state index in [2.05, 4.69) is 23.0 Å². The summed E-state index contributed by atoms with van der Waals surface area (Å²) in [5.74, 6) is 0.800. The largest absolute Gasteiger partial charge is 0.489 e. The molecule has 2 rings (SSSR count). The van der Waals surface area contributed by atoms with Crippen molar-refractivity contribution in [1.82, 2.24) is 0 Å². The molecule has 0 bridgehead atoms. The van der Waals surface area contributed by atoms with Gasteiger partial charge in [-0.15, -0.1) is 0 Å². The second-order valence-electron chi connectivity index (χ2n) is 5.31. The number of para-hydroxylation sites is 1. The molecule has 23 heavy (non-hydrogen) atoms. The summed E-state index contributed by atoms with van der Waals surface area (Å²) < 4.78 is 22.2. The lowest BCUT2D eigenvalue weighted by atomic mass is 10.1. The van der Waals surface area contributed by atoms with Crippen LogP contribution in [0.15, 0.2) is 36.4 Å². The van der Waals surface area contributed by atoms with Gasteiger partial charge in [-0.05, 0) is 49.6 Å². The van der Waals surface area contributed by atoms with Crippen LogP contribution in [0.2, 0.25) is 0 Å². The van der Waals surface area contributed by atoms with Crippen LogP contribution >= 0.6 is 0 Å². The molecule has 0 atom stereocenters. The van der Waals surface area contributed by atoms with Gasteiger partial charge in [0.05, 0.1) is 5.69 Å². The van der Waals surface area contributed by atoms with E-state index >= 15 is 0 Å². The Bertz CT molecular complexity index is 701. The van der Waals surface area contributed by atoms with E-state index < -0.39 is 13.0 Å². The highest BCUT2D eigenvalue weighted by Crippen LogP contribution is 2.24. The smallest absolute Gasteiger partial charge is 0.413 e. The predicted molar refractivity (Wildman–Crippen MR) is 87.5 cm³/mol. The van der Waals surface area contributed by atoms with Crippen LogP contribution in [0.25, 0.3) is 0 Å². The topological polar surface area (TPSA) is 47.6 Å². The average molecular weight is 317 g/mol. The molecule has 1 N–H and O–H groups in total. The third kappa shape index (κ3) is 4.45. The highest BCUT2D eigenvalue weighted by Gasteiger charge is 2.09. The van der Waals surface area contributed by atoms with E-state index in [-0.39, 0.29) is 6.61 Å². The summed E-state index contributed by atoms with van der Waals surface area (Å²) in [6.45, 7) is 5.21. The minimum atomic E-state index is -1.16. The molecule has 0 unspecified atom stereocenters. The quantitative estimate of drug-likeness (QED) is 0.872. The van der Waals surface area contributed by atoms with Crippen LogP contribution < -0.4 is 10.1 Å². The van der Waals surface area contributed by atoms with Gasteiger partial charge in [0.1, 0.15) is 12.4 Å². The molecule has 0 saturated carbocycles. The Labute approximate surface area is 135 Å². The molecule has 0 heterocycles. The number of anilines is 1. The summed E-state index contributed by atoms with van der Waals surface area (Å²) >= 11 is 0. The van der Waals surface area contributed by atoms with Crippen molar-refractivity contribution < 1.29 is 18.7 Å². The number of hydrogen-bond donors (Lipinski definition) is 1. The van der Waals surface area contributed by atoms with Crippen LogP contribution in [0, 0.1) is 20.8 Å². The lowest BCUT2D eigenvalue weighted by Crippen LogP contribution is -2.14. The molecule has 0 saturated heterocycles. The van der Waals surface area contributed by atoms with Gasteiger partial charge < -0.3 is 9.47 Å². The zero-order valence-electron chi connectivity index (χ0n) is 13.5. The number of halogens is 1. The minimum Gasteiger partial charge on any atom is -0.489 e. The van der Waals surface area contributed by atoms with E-state index in [9.17, 15) is 9.18 Å². The van der Waals surface area contributed by atoms with Gasteiger partial charge in [0.25, 0.3) is 0 Å². The number of amides is 1. The Hall–Kier alpha value is -2.56. The van der Waals surface area contributed by atoms with Gasteiger partial charge in [0.15, 0.2) is 0 Å². The standard InChI is InChI=1S/C18H20FNO3/c1-12-8-14(3)17(9-13(12)2)22-10-15-6-4-5-7-16(15)20-18(21)23-11-19/h4-9H,10-11H2,1-3H3,(H,20,21). The highest BCUT2D eigenvalue weighted by molar-refractivity contribution is 5.85. The zero-order chi connectivity index (χ0) is 16.8. The molecule has 0 radical (unpaired) electrons. The van der Waals surface area contributed by atoms with Crippen LogP contribution in [0.4, 0.5) is 14.9 Å². The molecule has 122 valence electrons. The molecule has 2 aromatic carbocycles. The summed E-state index contributed by atoms with van der Waals surface area (Å²) in [6.07, 6.45) is -0.831. The van der Waals surface area contributed by atoms with Gasteiger partial charge in [-0.3, -0.25) is 5.32 Å². The normalized spacial score (nSPS) is 10.3. The fourth-order valence-electron chi connectivity index (χ4n) is 2.21. The zero-order valence-corrected chi connectivity index (χ0v) is 13.5. The third-order valence-electron chi connectivity index (χ3n) is 3.61. The molecule has 0 aliphatic heterocycles. The Morgan fingerprint density at radius 1 is 1.09 bits per heavy atom. The number of alkyl halides is 1. The summed E-state index contributed by atoms with van der Waals surface area (Å²) in [5, 5.41) is 2.50. The van der Waals surface area contributed by atoms with Gasteiger partial charge in [-0.25, -0.2) is 9.18 Å². The van der Waals surface area contributed by atoms with Gasteiger partial charge >= 0.3 is 6.09 Å². The molecule has 4 nitrogen and oxygen atoms in total. The molecule has 5 heteroatoms. The Kier molecular flexibility index (Phi) is 5.57. The van der Waals surface area contributed by atoms with Crippen molar-refractivity contribution in [2.45, 2.75) is 27.4 Å². The molecule has 0 fully saturated rings. The first-order valence-electron chi connectivity index (χ1n) is 7.29. The van der Waals surface area contributed by atoms with Crippen molar-refractivity contribution in [2.24, 2.45) is 0 Å². The second kappa shape index (κ2) is 7.63. The number of benzene rings is 2. The lowest BCUT2D eigenvalue weighted by molar-refractivity contribution is 0.111. The van der Waals surface area contributed by atoms with Gasteiger partial charge in [0, 0.05) is 5.56 Å². The minimum absolute atomic E-state index is 0.287. The van der Waals surface area contributed by atoms with Gasteiger partial charge in [0.2, 0.25) is 6.86 Å². The Morgan fingerprint density at radius 2 is 1.78 bits per heavy atom. The second-order valence-corrected chi connectivity index (χ2v) is 5.31. The van der Waals surface area contributed by atoms with Crippen molar-refractivity contribution in [1.29, 1.82) is 0 Å². The first kappa shape index (κ1) is 16.8. The summed E-state index contributed by atoms with van der Waals surface area (Å²) in [7, 11) is 0. The molecule has 1 amide bonds. The van der Waals surface area contributed by atoms with E-state index in [0.29, 0.717) is 5.69 Å². The van der Waals surface area contributed by atoms with Crippen LogP contribution in [0.5, 0.6) is 5.75 Å². The lowest BCUT2D eigenvalue weighted by Gasteiger charge is -2.14. The Balaban J connectivity index is 2.12. The van der Waals surface area contributed by atoms with Crippen molar-refractivity contribution in [3.05, 3.63) is 58.7 Å². The van der Waals surface area contributed by atoms with Crippen LogP contribution in [-0.2, 0) is 11.3 Å². The maximum absolute atomic E-state index is 12.0. The van der Waals surface area contributed by atoms with E-state index in [4.69, 9.17) is 4.74 Å². The number of nitrogens with one attached hydrogen (secondary N) is 1. The molecular formula is C18H20FNO3. The molecule has 0 spiro atoms. The van der Waals surface area contributed by atoms with Crippen molar-refractivity contribution >= 4 is 11.8 Å². The predicted octanol–water partition coefficient (Wildman–Crippen LogP) is 4.67. The molecule has 0 aliphatic carbocycles. The monoisotopic (exact) mass is 317 g/mol. The van der Waals surface area contributed by atoms with Crippen LogP contribution in [-0.4, -0.2) is 13.0 Å². The fraction of sp³-hybridized carbons (Fsp3) is 0.278. The van der Waals surface area contributed by atoms with E-state index in [1.54, 1.807) is 12.1 Å². The van der Waals surface area contributed by atoms with Crippen molar-refractivity contribution in [3.63, 3.8) is 0 Å². The number of ether oxygens (including phenoxy) is 2. The van der Waals surface area contributed by atoms with Crippen molar-refractivity contribution in [3.8, 4) is 5.75 Å². The van der Waals surface area contributed by atoms with Crippen LogP contribution in [0.3, 0.4) is 0 Å². The summed E-state index contributed by atoms with van der Waals surface area (Å²) in [5.41, 5.74) is 4.73. The number of carbonyl (C=O) groups is 1. The highest BCUT2D eigenvalue weighted by atomic mass is 19.1. The number of rotatable bonds is 5. The summed E-state index contributed by atoms with van der Waals surface area (Å²) in [4.78, 5) is 11.4. The molecule has 2 aromatic rings. The SMILES string of the molecule is Cc1cc(C)c(OCc2ccccc2NC(=O)OCF)cc1C. The molecule has 0 aromatic heterocycles. The van der Waals surface area contributed by atoms with Crippen LogP contribution in [0.1, 0.15) is 22.3 Å². The maximum atomic E-state index is 12.0. The number of aryl methyl sites for hydroxylation is 3. The van der Waals surface area contributed by atoms with E-state index in [0.717, 1.165) is 22.4 Å². The first-order chi connectivity index (χ1) is 11.0. The number of hydrogen-bond acceptors (Lipinski definition) is 3. The average Bonchev–Trinajstić information content (AvgIpc) is 2.51. The maximum Gasteiger partial charge on any atom is 0.413 e. The molecule has 0 aliphatic rings. The Morgan fingerprint density at radius 3 is 2.52 bits per heavy atom. The summed E-state index contributed by atoms with van der Waals surface area (Å²) in [6, 6.07) is 11.2. The van der Waals surface area contributed by atoms with Gasteiger partial charge in [-0.1, -0.05) is 24.3 Å². The van der Waals surface area contributed by atoms with E-state index in [1.165, 1.54) is 5.56 Å². The van der Waals surface area contributed by atoms with E-state index in [1.807, 2.05) is 32.0 Å².